The summed E-state index contributed by atoms with van der Waals surface area (Å²) in [7, 11) is 0. The van der Waals surface area contributed by atoms with Gasteiger partial charge in [-0.05, 0) is 40.2 Å². The molecule has 1 aromatic heterocycles. The van der Waals surface area contributed by atoms with Crippen LogP contribution < -0.4 is 5.73 Å². The molecule has 0 fully saturated rings. The first-order valence-corrected chi connectivity index (χ1v) is 7.16. The minimum atomic E-state index is -0.363. The van der Waals surface area contributed by atoms with Gasteiger partial charge in [0.15, 0.2) is 11.6 Å². The summed E-state index contributed by atoms with van der Waals surface area (Å²) in [4.78, 5) is 0. The summed E-state index contributed by atoms with van der Waals surface area (Å²) in [6, 6.07) is 14.3. The highest BCUT2D eigenvalue weighted by atomic mass is 79.9. The number of nitrogens with zero attached hydrogens (tertiary/aromatic N) is 3. The second-order valence-electron chi connectivity index (χ2n) is 4.41. The van der Waals surface area contributed by atoms with E-state index in [-0.39, 0.29) is 12.4 Å². The quantitative estimate of drug-likeness (QED) is 0.791. The van der Waals surface area contributed by atoms with Crippen molar-refractivity contribution in [3.63, 3.8) is 0 Å². The van der Waals surface area contributed by atoms with Gasteiger partial charge >= 0.3 is 0 Å². The third-order valence-electron chi connectivity index (χ3n) is 3.11. The van der Waals surface area contributed by atoms with E-state index < -0.39 is 0 Å². The second-order valence-corrected chi connectivity index (χ2v) is 5.27. The average Bonchev–Trinajstić information content (AvgIpc) is 2.91. The van der Waals surface area contributed by atoms with Gasteiger partial charge in [0.2, 0.25) is 0 Å². The fourth-order valence-electron chi connectivity index (χ4n) is 2.17. The van der Waals surface area contributed by atoms with Crippen molar-refractivity contribution in [2.24, 2.45) is 5.73 Å². The van der Waals surface area contributed by atoms with Gasteiger partial charge in [0.1, 0.15) is 5.82 Å². The third-order valence-corrected chi connectivity index (χ3v) is 3.77. The van der Waals surface area contributed by atoms with Crippen molar-refractivity contribution >= 4 is 15.9 Å². The van der Waals surface area contributed by atoms with E-state index in [2.05, 4.69) is 26.1 Å². The molecule has 1 heterocycles. The van der Waals surface area contributed by atoms with Crippen LogP contribution in [0.1, 0.15) is 5.82 Å². The standard InChI is InChI=1S/C15H12BrFN4/c16-11-7-4-8-12(17)14(11)15-20-19-13(9-18)21(15)10-5-2-1-3-6-10/h1-8H,9,18H2. The average molecular weight is 347 g/mol. The summed E-state index contributed by atoms with van der Waals surface area (Å²) in [6.07, 6.45) is 0. The molecule has 3 aromatic rings. The van der Waals surface area contributed by atoms with Gasteiger partial charge in [-0.3, -0.25) is 4.57 Å². The highest BCUT2D eigenvalue weighted by molar-refractivity contribution is 9.10. The van der Waals surface area contributed by atoms with E-state index in [1.807, 2.05) is 30.3 Å². The Morgan fingerprint density at radius 3 is 2.48 bits per heavy atom. The van der Waals surface area contributed by atoms with E-state index >= 15 is 0 Å². The molecule has 3 rings (SSSR count). The Labute approximate surface area is 129 Å². The molecular weight excluding hydrogens is 335 g/mol. The molecule has 2 N–H and O–H groups in total. The fraction of sp³-hybridized carbons (Fsp3) is 0.0667. The molecule has 0 saturated heterocycles. The van der Waals surface area contributed by atoms with Crippen molar-refractivity contribution in [1.82, 2.24) is 14.8 Å². The number of hydrogen-bond acceptors (Lipinski definition) is 3. The van der Waals surface area contributed by atoms with Gasteiger partial charge in [0.05, 0.1) is 12.1 Å². The number of para-hydroxylation sites is 1. The maximum atomic E-state index is 14.2. The molecule has 6 heteroatoms. The largest absolute Gasteiger partial charge is 0.324 e. The van der Waals surface area contributed by atoms with Crippen LogP contribution in [-0.4, -0.2) is 14.8 Å². The number of hydrogen-bond donors (Lipinski definition) is 1. The van der Waals surface area contributed by atoms with Gasteiger partial charge in [-0.15, -0.1) is 10.2 Å². The Hall–Kier alpha value is -2.05. The fourth-order valence-corrected chi connectivity index (χ4v) is 2.69. The van der Waals surface area contributed by atoms with Crippen LogP contribution in [0.2, 0.25) is 0 Å². The number of benzene rings is 2. The molecule has 0 aliphatic rings. The molecule has 21 heavy (non-hydrogen) atoms. The zero-order valence-corrected chi connectivity index (χ0v) is 12.6. The summed E-state index contributed by atoms with van der Waals surface area (Å²) in [6.45, 7) is 0.216. The van der Waals surface area contributed by atoms with E-state index in [0.29, 0.717) is 21.7 Å². The first kappa shape index (κ1) is 13.9. The zero-order chi connectivity index (χ0) is 14.8. The molecule has 106 valence electrons. The highest BCUT2D eigenvalue weighted by Gasteiger charge is 2.19. The summed E-state index contributed by atoms with van der Waals surface area (Å²) in [5, 5.41) is 8.19. The van der Waals surface area contributed by atoms with E-state index in [9.17, 15) is 4.39 Å². The first-order chi connectivity index (χ1) is 10.2. The topological polar surface area (TPSA) is 56.7 Å². The van der Waals surface area contributed by atoms with Crippen LogP contribution in [0, 0.1) is 5.82 Å². The van der Waals surface area contributed by atoms with Gasteiger partial charge in [0, 0.05) is 10.2 Å². The number of aromatic nitrogens is 3. The van der Waals surface area contributed by atoms with Gasteiger partial charge in [-0.2, -0.15) is 0 Å². The van der Waals surface area contributed by atoms with Crippen LogP contribution in [0.15, 0.2) is 53.0 Å². The molecule has 0 saturated carbocycles. The van der Waals surface area contributed by atoms with Crippen molar-refractivity contribution in [3.05, 3.63) is 64.6 Å². The molecular formula is C15H12BrFN4. The van der Waals surface area contributed by atoms with Crippen LogP contribution in [0.25, 0.3) is 17.1 Å². The SMILES string of the molecule is NCc1nnc(-c2c(F)cccc2Br)n1-c1ccccc1. The maximum absolute atomic E-state index is 14.2. The summed E-state index contributed by atoms with van der Waals surface area (Å²) in [5.41, 5.74) is 6.94. The van der Waals surface area contributed by atoms with Gasteiger partial charge in [-0.25, -0.2) is 4.39 Å². The van der Waals surface area contributed by atoms with Crippen molar-refractivity contribution in [3.8, 4) is 17.1 Å². The molecule has 2 aromatic carbocycles. The Balaban J connectivity index is 2.28. The predicted octanol–water partition coefficient (Wildman–Crippen LogP) is 3.29. The van der Waals surface area contributed by atoms with E-state index in [1.165, 1.54) is 6.07 Å². The lowest BCUT2D eigenvalue weighted by Gasteiger charge is -2.11. The van der Waals surface area contributed by atoms with E-state index in [4.69, 9.17) is 5.73 Å². The molecule has 4 nitrogen and oxygen atoms in total. The Morgan fingerprint density at radius 1 is 1.05 bits per heavy atom. The molecule has 0 amide bonds. The van der Waals surface area contributed by atoms with E-state index in [0.717, 1.165) is 5.69 Å². The summed E-state index contributed by atoms with van der Waals surface area (Å²) in [5.74, 6) is 0.635. The number of halogens is 2. The molecule has 0 bridgehead atoms. The van der Waals surface area contributed by atoms with Crippen LogP contribution in [0.3, 0.4) is 0 Å². The lowest BCUT2D eigenvalue weighted by Crippen LogP contribution is -2.08. The van der Waals surface area contributed by atoms with Gasteiger partial charge < -0.3 is 5.73 Å². The lowest BCUT2D eigenvalue weighted by atomic mass is 10.2. The Bertz CT molecular complexity index is 750. The third kappa shape index (κ3) is 2.48. The molecule has 0 atom stereocenters. The molecule has 0 unspecified atom stereocenters. The molecule has 0 aliphatic carbocycles. The minimum Gasteiger partial charge on any atom is -0.324 e. The van der Waals surface area contributed by atoms with Crippen molar-refractivity contribution in [1.29, 1.82) is 0 Å². The molecule has 0 radical (unpaired) electrons. The normalized spacial score (nSPS) is 10.8. The lowest BCUT2D eigenvalue weighted by molar-refractivity contribution is 0.628. The van der Waals surface area contributed by atoms with E-state index in [1.54, 1.807) is 16.7 Å². The van der Waals surface area contributed by atoms with Crippen molar-refractivity contribution < 1.29 is 4.39 Å². The van der Waals surface area contributed by atoms with Gasteiger partial charge in [0.25, 0.3) is 0 Å². The Kier molecular flexibility index (Phi) is 3.81. The summed E-state index contributed by atoms with van der Waals surface area (Å²) >= 11 is 3.37. The zero-order valence-electron chi connectivity index (χ0n) is 11.0. The Morgan fingerprint density at radius 2 is 1.81 bits per heavy atom. The second kappa shape index (κ2) is 5.75. The molecule has 0 aliphatic heterocycles. The molecule has 0 spiro atoms. The summed E-state index contributed by atoms with van der Waals surface area (Å²) < 4.78 is 16.6. The maximum Gasteiger partial charge on any atom is 0.172 e. The smallest absolute Gasteiger partial charge is 0.172 e. The van der Waals surface area contributed by atoms with Crippen LogP contribution in [0.5, 0.6) is 0 Å². The first-order valence-electron chi connectivity index (χ1n) is 6.36. The van der Waals surface area contributed by atoms with Crippen LogP contribution in [-0.2, 0) is 6.54 Å². The number of nitrogens with two attached hydrogens (primary N) is 1. The highest BCUT2D eigenvalue weighted by Crippen LogP contribution is 2.31. The minimum absolute atomic E-state index is 0.216. The van der Waals surface area contributed by atoms with Gasteiger partial charge in [-0.1, -0.05) is 24.3 Å². The van der Waals surface area contributed by atoms with Crippen molar-refractivity contribution in [2.45, 2.75) is 6.54 Å². The van der Waals surface area contributed by atoms with Crippen LogP contribution >= 0.6 is 15.9 Å². The predicted molar refractivity (Wildman–Crippen MR) is 82.3 cm³/mol. The van der Waals surface area contributed by atoms with Crippen LogP contribution in [0.4, 0.5) is 4.39 Å². The van der Waals surface area contributed by atoms with Crippen molar-refractivity contribution in [2.75, 3.05) is 0 Å². The number of rotatable bonds is 3. The monoisotopic (exact) mass is 346 g/mol.